The molecule has 1 atom stereocenters. The first-order chi connectivity index (χ1) is 9.25. The number of rotatable bonds is 6. The minimum absolute atomic E-state index is 0.0444. The fourth-order valence-corrected chi connectivity index (χ4v) is 3.91. The van der Waals surface area contributed by atoms with Crippen LogP contribution in [0.5, 0.6) is 5.75 Å². The quantitative estimate of drug-likeness (QED) is 0.808. The summed E-state index contributed by atoms with van der Waals surface area (Å²) in [5.74, 6) is -0.301. The lowest BCUT2D eigenvalue weighted by molar-refractivity contribution is 0.387. The summed E-state index contributed by atoms with van der Waals surface area (Å²) in [5.41, 5.74) is 5.57. The minimum Gasteiger partial charge on any atom is -0.492 e. The lowest BCUT2D eigenvalue weighted by Gasteiger charge is -2.24. The highest BCUT2D eigenvalue weighted by atomic mass is 32.2. The van der Waals surface area contributed by atoms with Crippen LogP contribution in [-0.4, -0.2) is 44.9 Å². The second kappa shape index (κ2) is 6.64. The molecule has 0 saturated carbocycles. The van der Waals surface area contributed by atoms with Gasteiger partial charge in [0.2, 0.25) is 10.0 Å². The van der Waals surface area contributed by atoms with Gasteiger partial charge in [-0.25, -0.2) is 12.8 Å². The third kappa shape index (κ3) is 3.36. The molecule has 1 aromatic carbocycles. The Morgan fingerprint density at radius 2 is 2.10 bits per heavy atom. The van der Waals surface area contributed by atoms with E-state index in [1.54, 1.807) is 6.92 Å². The number of nitrogens with two attached hydrogens (primary N) is 1. The van der Waals surface area contributed by atoms with Gasteiger partial charge in [0.15, 0.2) is 11.6 Å². The van der Waals surface area contributed by atoms with E-state index in [4.69, 9.17) is 10.5 Å². The Labute approximate surface area is 123 Å². The van der Waals surface area contributed by atoms with Crippen LogP contribution in [0.1, 0.15) is 6.92 Å². The molecule has 1 aromatic rings. The van der Waals surface area contributed by atoms with Crippen LogP contribution in [0.3, 0.4) is 0 Å². The van der Waals surface area contributed by atoms with E-state index in [0.29, 0.717) is 5.75 Å². The molecule has 8 heteroatoms. The maximum Gasteiger partial charge on any atom is 0.243 e. The van der Waals surface area contributed by atoms with Crippen LogP contribution in [-0.2, 0) is 10.0 Å². The van der Waals surface area contributed by atoms with Crippen LogP contribution >= 0.6 is 11.8 Å². The van der Waals surface area contributed by atoms with Gasteiger partial charge in [0.05, 0.1) is 17.7 Å². The molecule has 1 unspecified atom stereocenters. The number of methoxy groups -OCH3 is 1. The molecule has 0 heterocycles. The van der Waals surface area contributed by atoms with Gasteiger partial charge in [-0.15, -0.1) is 0 Å². The highest BCUT2D eigenvalue weighted by Gasteiger charge is 2.27. The minimum atomic E-state index is -3.79. The summed E-state index contributed by atoms with van der Waals surface area (Å²) >= 11 is 1.54. The van der Waals surface area contributed by atoms with E-state index in [-0.39, 0.29) is 22.4 Å². The zero-order valence-electron chi connectivity index (χ0n) is 11.9. The highest BCUT2D eigenvalue weighted by molar-refractivity contribution is 7.98. The van der Waals surface area contributed by atoms with Gasteiger partial charge in [-0.3, -0.25) is 0 Å². The topological polar surface area (TPSA) is 72.6 Å². The first-order valence-corrected chi connectivity index (χ1v) is 8.69. The molecule has 0 amide bonds. The Morgan fingerprint density at radius 3 is 2.55 bits per heavy atom. The van der Waals surface area contributed by atoms with Crippen molar-refractivity contribution in [3.05, 3.63) is 17.9 Å². The van der Waals surface area contributed by atoms with Crippen molar-refractivity contribution >= 4 is 27.5 Å². The van der Waals surface area contributed by atoms with Crippen LogP contribution in [0.25, 0.3) is 0 Å². The van der Waals surface area contributed by atoms with Gasteiger partial charge in [-0.1, -0.05) is 0 Å². The van der Waals surface area contributed by atoms with Crippen LogP contribution < -0.4 is 10.5 Å². The molecular weight excluding hydrogens is 303 g/mol. The third-order valence-corrected chi connectivity index (χ3v) is 5.72. The van der Waals surface area contributed by atoms with Crippen molar-refractivity contribution < 1.29 is 17.5 Å². The predicted molar refractivity (Wildman–Crippen MR) is 80.2 cm³/mol. The average Bonchev–Trinajstić information content (AvgIpc) is 2.37. The van der Waals surface area contributed by atoms with Crippen molar-refractivity contribution in [2.45, 2.75) is 17.9 Å². The van der Waals surface area contributed by atoms with Gasteiger partial charge >= 0.3 is 0 Å². The van der Waals surface area contributed by atoms with Gasteiger partial charge in [0, 0.05) is 18.8 Å². The molecule has 0 aliphatic heterocycles. The normalized spacial score (nSPS) is 13.5. The molecule has 0 spiro atoms. The molecule has 114 valence electrons. The average molecular weight is 322 g/mol. The molecule has 2 N–H and O–H groups in total. The van der Waals surface area contributed by atoms with Gasteiger partial charge in [-0.05, 0) is 25.3 Å². The number of ether oxygens (including phenoxy) is 1. The second-order valence-electron chi connectivity index (χ2n) is 4.35. The summed E-state index contributed by atoms with van der Waals surface area (Å²) in [5, 5.41) is 0. The molecular formula is C12H19FN2O3S2. The van der Waals surface area contributed by atoms with E-state index >= 15 is 0 Å². The lowest BCUT2D eigenvalue weighted by Crippen LogP contribution is -2.36. The Balaban J connectivity index is 3.23. The van der Waals surface area contributed by atoms with E-state index in [1.807, 2.05) is 6.26 Å². The maximum atomic E-state index is 13.8. The number of thioether (sulfide) groups is 1. The summed E-state index contributed by atoms with van der Waals surface area (Å²) in [6, 6.07) is 1.92. The molecule has 0 aliphatic rings. The number of nitrogen functional groups attached to an aromatic ring is 1. The predicted octanol–water partition coefficient (Wildman–Crippen LogP) is 1.79. The molecule has 0 fully saturated rings. The molecule has 0 aromatic heterocycles. The van der Waals surface area contributed by atoms with E-state index in [9.17, 15) is 12.8 Å². The van der Waals surface area contributed by atoms with Crippen molar-refractivity contribution in [1.29, 1.82) is 0 Å². The standard InChI is InChI=1S/C12H19FN2O3S2/c1-8(7-19-4)15(2)20(16,17)9-5-10(13)12(18-3)11(14)6-9/h5-6,8H,7,14H2,1-4H3. The van der Waals surface area contributed by atoms with Crippen LogP contribution in [0.4, 0.5) is 10.1 Å². The van der Waals surface area contributed by atoms with Gasteiger partial charge in [-0.2, -0.15) is 16.1 Å². The van der Waals surface area contributed by atoms with E-state index in [1.165, 1.54) is 36.3 Å². The Kier molecular flexibility index (Phi) is 5.67. The summed E-state index contributed by atoms with van der Waals surface area (Å²) < 4.78 is 44.6. The molecule has 5 nitrogen and oxygen atoms in total. The van der Waals surface area contributed by atoms with E-state index < -0.39 is 15.8 Å². The van der Waals surface area contributed by atoms with Crippen molar-refractivity contribution in [1.82, 2.24) is 4.31 Å². The summed E-state index contributed by atoms with van der Waals surface area (Å²) in [4.78, 5) is -0.177. The fraction of sp³-hybridized carbons (Fsp3) is 0.500. The van der Waals surface area contributed by atoms with Gasteiger partial charge < -0.3 is 10.5 Å². The SMILES string of the molecule is COc1c(N)cc(S(=O)(=O)N(C)C(C)CSC)cc1F. The van der Waals surface area contributed by atoms with Crippen molar-refractivity contribution in [2.75, 3.05) is 31.9 Å². The molecule has 0 saturated heterocycles. The zero-order valence-corrected chi connectivity index (χ0v) is 13.5. The fourth-order valence-electron chi connectivity index (χ4n) is 1.70. The second-order valence-corrected chi connectivity index (χ2v) is 7.26. The zero-order chi connectivity index (χ0) is 15.5. The number of hydrogen-bond donors (Lipinski definition) is 1. The van der Waals surface area contributed by atoms with Crippen LogP contribution in [0.15, 0.2) is 17.0 Å². The number of nitrogens with zero attached hydrogens (tertiary/aromatic N) is 1. The summed E-state index contributed by atoms with van der Waals surface area (Å²) in [7, 11) is -1.05. The highest BCUT2D eigenvalue weighted by Crippen LogP contribution is 2.30. The molecule has 0 bridgehead atoms. The largest absolute Gasteiger partial charge is 0.492 e. The Hall–Kier alpha value is -0.990. The lowest BCUT2D eigenvalue weighted by atomic mass is 10.3. The first-order valence-electron chi connectivity index (χ1n) is 5.85. The van der Waals surface area contributed by atoms with Crippen molar-refractivity contribution in [3.8, 4) is 5.75 Å². The monoisotopic (exact) mass is 322 g/mol. The number of halogens is 1. The Bertz CT molecular complexity index is 555. The van der Waals surface area contributed by atoms with E-state index in [0.717, 1.165) is 6.07 Å². The molecule has 0 radical (unpaired) electrons. The Morgan fingerprint density at radius 1 is 1.50 bits per heavy atom. The number of sulfonamides is 1. The number of anilines is 1. The van der Waals surface area contributed by atoms with Gasteiger partial charge in [0.1, 0.15) is 0 Å². The van der Waals surface area contributed by atoms with Crippen LogP contribution in [0, 0.1) is 5.82 Å². The maximum absolute atomic E-state index is 13.8. The number of benzene rings is 1. The van der Waals surface area contributed by atoms with E-state index in [2.05, 4.69) is 0 Å². The third-order valence-electron chi connectivity index (χ3n) is 2.96. The molecule has 0 aliphatic carbocycles. The summed E-state index contributed by atoms with van der Waals surface area (Å²) in [6.45, 7) is 1.79. The van der Waals surface area contributed by atoms with Crippen LogP contribution in [0.2, 0.25) is 0 Å². The molecule has 1 rings (SSSR count). The first kappa shape index (κ1) is 17.1. The molecule has 20 heavy (non-hydrogen) atoms. The van der Waals surface area contributed by atoms with Gasteiger partial charge in [0.25, 0.3) is 0 Å². The van der Waals surface area contributed by atoms with Crippen molar-refractivity contribution in [2.24, 2.45) is 0 Å². The van der Waals surface area contributed by atoms with Crippen molar-refractivity contribution in [3.63, 3.8) is 0 Å². The summed E-state index contributed by atoms with van der Waals surface area (Å²) in [6.07, 6.45) is 1.89. The number of hydrogen-bond acceptors (Lipinski definition) is 5. The smallest absolute Gasteiger partial charge is 0.243 e.